The highest BCUT2D eigenvalue weighted by Gasteiger charge is 2.68. The second-order valence-electron chi connectivity index (χ2n) is 10.9. The topological polar surface area (TPSA) is 49.7 Å². The lowest BCUT2D eigenvalue weighted by molar-refractivity contribution is -0.122. The van der Waals surface area contributed by atoms with E-state index >= 15 is 0 Å². The molecule has 4 nitrogen and oxygen atoms in total. The van der Waals surface area contributed by atoms with Gasteiger partial charge in [0.25, 0.3) is 0 Å². The summed E-state index contributed by atoms with van der Waals surface area (Å²) in [6.45, 7) is 6.04. The van der Waals surface area contributed by atoms with E-state index in [1.807, 2.05) is 93.7 Å². The van der Waals surface area contributed by atoms with Crippen LogP contribution in [0.3, 0.4) is 0 Å². The smallest absolute Gasteiger partial charge is 0.239 e. The number of anilines is 1. The third-order valence-electron chi connectivity index (χ3n) is 8.70. The molecule has 1 aliphatic heterocycles. The van der Waals surface area contributed by atoms with Crippen LogP contribution < -0.4 is 4.90 Å². The molecule has 4 aromatic rings. The van der Waals surface area contributed by atoms with Crippen molar-refractivity contribution in [3.05, 3.63) is 130 Å². The molecule has 8 rings (SSSR count). The summed E-state index contributed by atoms with van der Waals surface area (Å²) in [5.74, 6) is -1.49. The zero-order valence-electron chi connectivity index (χ0n) is 21.7. The van der Waals surface area contributed by atoms with Crippen LogP contribution in [0.15, 0.2) is 96.0 Å². The fourth-order valence-corrected chi connectivity index (χ4v) is 7.23. The third-order valence-corrected chi connectivity index (χ3v) is 8.70. The van der Waals surface area contributed by atoms with E-state index in [0.29, 0.717) is 5.69 Å². The fraction of sp³-hybridized carbons (Fsp3) is 0.206. The lowest BCUT2D eigenvalue weighted by Gasteiger charge is -2.52. The Hall–Kier alpha value is -4.31. The van der Waals surface area contributed by atoms with Gasteiger partial charge in [-0.2, -0.15) is 0 Å². The number of aliphatic imine (C=N–C) groups is 1. The van der Waals surface area contributed by atoms with Crippen molar-refractivity contribution >= 4 is 29.4 Å². The lowest BCUT2D eigenvalue weighted by atomic mass is 9.47. The number of hydrogen-bond donors (Lipinski definition) is 0. The summed E-state index contributed by atoms with van der Waals surface area (Å²) < 4.78 is 0. The maximum atomic E-state index is 14.5. The predicted molar refractivity (Wildman–Crippen MR) is 150 cm³/mol. The summed E-state index contributed by atoms with van der Waals surface area (Å²) in [6.07, 6.45) is 1.96. The molecular formula is C34H28N2O2. The van der Waals surface area contributed by atoms with E-state index in [-0.39, 0.29) is 17.7 Å². The van der Waals surface area contributed by atoms with Gasteiger partial charge in [-0.1, -0.05) is 78.4 Å². The molecule has 2 bridgehead atoms. The number of hydrogen-bond acceptors (Lipinski definition) is 3. The van der Waals surface area contributed by atoms with E-state index in [0.717, 1.165) is 44.6 Å². The first-order chi connectivity index (χ1) is 18.4. The van der Waals surface area contributed by atoms with E-state index in [4.69, 9.17) is 4.99 Å². The number of rotatable bonds is 3. The fourth-order valence-electron chi connectivity index (χ4n) is 7.23. The molecule has 0 saturated carbocycles. The summed E-state index contributed by atoms with van der Waals surface area (Å²) in [7, 11) is 0. The van der Waals surface area contributed by atoms with Crippen LogP contribution in [0.1, 0.15) is 44.9 Å². The maximum Gasteiger partial charge on any atom is 0.239 e. The molecule has 0 unspecified atom stereocenters. The van der Waals surface area contributed by atoms with Crippen molar-refractivity contribution in [2.24, 2.45) is 16.8 Å². The molecule has 4 aromatic carbocycles. The second kappa shape index (κ2) is 8.09. The molecule has 0 radical (unpaired) electrons. The van der Waals surface area contributed by atoms with Crippen LogP contribution in [0.4, 0.5) is 11.4 Å². The van der Waals surface area contributed by atoms with E-state index in [9.17, 15) is 9.59 Å². The van der Waals surface area contributed by atoms with Crippen molar-refractivity contribution < 1.29 is 9.59 Å². The first-order valence-electron chi connectivity index (χ1n) is 13.2. The van der Waals surface area contributed by atoms with E-state index in [1.165, 1.54) is 4.90 Å². The molecule has 0 aromatic heterocycles. The normalized spacial score (nSPS) is 25.0. The summed E-state index contributed by atoms with van der Waals surface area (Å²) in [4.78, 5) is 35.3. The van der Waals surface area contributed by atoms with Crippen molar-refractivity contribution in [2.75, 3.05) is 4.90 Å². The Labute approximate surface area is 222 Å². The molecule has 1 fully saturated rings. The SMILES string of the molecule is Cc1cccc(N=CC23c4ccccc4C(c4ccccc42)[C@@H]2C(=O)N(c4ccc(C)cc4C)C(=O)[C@H]23)c1. The Bertz CT molecular complexity index is 1640. The van der Waals surface area contributed by atoms with Gasteiger partial charge < -0.3 is 0 Å². The number of carbonyl (C=O) groups excluding carboxylic acids is 2. The summed E-state index contributed by atoms with van der Waals surface area (Å²) in [5, 5.41) is 0. The van der Waals surface area contributed by atoms with Crippen molar-refractivity contribution in [2.45, 2.75) is 32.1 Å². The second-order valence-corrected chi connectivity index (χ2v) is 10.9. The van der Waals surface area contributed by atoms with Crippen LogP contribution in [0.25, 0.3) is 0 Å². The van der Waals surface area contributed by atoms with Crippen LogP contribution >= 0.6 is 0 Å². The highest BCUT2D eigenvalue weighted by atomic mass is 16.2. The average molecular weight is 497 g/mol. The van der Waals surface area contributed by atoms with E-state index in [1.54, 1.807) is 0 Å². The summed E-state index contributed by atoms with van der Waals surface area (Å²) in [5.41, 5.74) is 8.19. The molecule has 2 amide bonds. The first-order valence-corrected chi connectivity index (χ1v) is 13.2. The van der Waals surface area contributed by atoms with Gasteiger partial charge in [-0.05, 0) is 72.4 Å². The zero-order valence-corrected chi connectivity index (χ0v) is 21.7. The minimum atomic E-state index is -0.851. The van der Waals surface area contributed by atoms with Gasteiger partial charge in [0.15, 0.2) is 0 Å². The van der Waals surface area contributed by atoms with Crippen molar-refractivity contribution in [3.63, 3.8) is 0 Å². The monoisotopic (exact) mass is 496 g/mol. The number of amides is 2. The molecule has 1 saturated heterocycles. The Morgan fingerprint density at radius 2 is 1.39 bits per heavy atom. The summed E-state index contributed by atoms with van der Waals surface area (Å²) >= 11 is 0. The highest BCUT2D eigenvalue weighted by Crippen LogP contribution is 2.63. The van der Waals surface area contributed by atoms with Gasteiger partial charge >= 0.3 is 0 Å². The highest BCUT2D eigenvalue weighted by molar-refractivity contribution is 6.25. The number of benzene rings is 4. The molecule has 186 valence electrons. The van der Waals surface area contributed by atoms with Crippen LogP contribution in [-0.4, -0.2) is 18.0 Å². The van der Waals surface area contributed by atoms with Gasteiger partial charge in [0, 0.05) is 12.1 Å². The van der Waals surface area contributed by atoms with Gasteiger partial charge in [-0.15, -0.1) is 0 Å². The molecule has 0 spiro atoms. The number of nitrogens with zero attached hydrogens (tertiary/aromatic N) is 2. The van der Waals surface area contributed by atoms with Crippen LogP contribution in [0.5, 0.6) is 0 Å². The molecule has 4 heteroatoms. The van der Waals surface area contributed by atoms with E-state index in [2.05, 4.69) is 24.3 Å². The summed E-state index contributed by atoms with van der Waals surface area (Å²) in [6, 6.07) is 30.6. The molecule has 0 N–H and O–H groups in total. The Morgan fingerprint density at radius 1 is 0.737 bits per heavy atom. The van der Waals surface area contributed by atoms with E-state index < -0.39 is 17.3 Å². The minimum absolute atomic E-state index is 0.116. The number of imide groups is 1. The lowest BCUT2D eigenvalue weighted by Crippen LogP contribution is -2.54. The molecule has 3 aliphatic carbocycles. The van der Waals surface area contributed by atoms with Crippen LogP contribution in [0.2, 0.25) is 0 Å². The van der Waals surface area contributed by atoms with Gasteiger partial charge in [0.2, 0.25) is 11.8 Å². The first kappa shape index (κ1) is 22.9. The molecule has 4 aliphatic rings. The zero-order chi connectivity index (χ0) is 26.2. The molecular weight excluding hydrogens is 468 g/mol. The van der Waals surface area contributed by atoms with Gasteiger partial charge in [-0.3, -0.25) is 14.6 Å². The molecule has 38 heavy (non-hydrogen) atoms. The van der Waals surface area contributed by atoms with Gasteiger partial charge in [0.1, 0.15) is 0 Å². The quantitative estimate of drug-likeness (QED) is 0.238. The maximum absolute atomic E-state index is 14.5. The largest absolute Gasteiger partial charge is 0.274 e. The molecule has 2 atom stereocenters. The number of aryl methyl sites for hydroxylation is 3. The Kier molecular flexibility index (Phi) is 4.87. The van der Waals surface area contributed by atoms with Crippen molar-refractivity contribution in [1.82, 2.24) is 0 Å². The van der Waals surface area contributed by atoms with Crippen LogP contribution in [-0.2, 0) is 15.0 Å². The van der Waals surface area contributed by atoms with Gasteiger partial charge in [0.05, 0.1) is 28.6 Å². The van der Waals surface area contributed by atoms with Crippen LogP contribution in [0, 0.1) is 32.6 Å². The standard InChI is InChI=1S/C34H28N2O2/c1-20-9-8-10-23(18-20)35-19-34-26-13-6-4-11-24(26)29(25-12-5-7-14-27(25)34)30-31(34)33(38)36(32(30)37)28-16-15-21(2)17-22(28)3/h4-19,29-31H,1-3H3/t29?,30-,31-,34?/m0/s1. The van der Waals surface area contributed by atoms with Crippen molar-refractivity contribution in [1.29, 1.82) is 0 Å². The predicted octanol–water partition coefficient (Wildman–Crippen LogP) is 6.57. The average Bonchev–Trinajstić information content (AvgIpc) is 3.18. The van der Waals surface area contributed by atoms with Gasteiger partial charge in [-0.25, -0.2) is 4.90 Å². The number of carbonyl (C=O) groups is 2. The van der Waals surface area contributed by atoms with Crippen molar-refractivity contribution in [3.8, 4) is 0 Å². The molecule has 1 heterocycles. The minimum Gasteiger partial charge on any atom is -0.274 e. The third kappa shape index (κ3) is 2.94. The Morgan fingerprint density at radius 3 is 2.05 bits per heavy atom. The Balaban J connectivity index is 1.51.